The maximum atomic E-state index is 13.3. The van der Waals surface area contributed by atoms with Gasteiger partial charge in [-0.25, -0.2) is 4.79 Å². The van der Waals surface area contributed by atoms with Gasteiger partial charge in [-0.3, -0.25) is 19.9 Å². The van der Waals surface area contributed by atoms with Gasteiger partial charge in [0.2, 0.25) is 0 Å². The van der Waals surface area contributed by atoms with E-state index in [2.05, 4.69) is 10.3 Å². The number of nitrogens with one attached hydrogen (secondary N) is 1. The Kier molecular flexibility index (Phi) is 6.03. The number of non-ortho nitro benzene ring substituents is 1. The molecule has 0 saturated carbocycles. The van der Waals surface area contributed by atoms with E-state index in [1.807, 2.05) is 24.3 Å². The van der Waals surface area contributed by atoms with Crippen molar-refractivity contribution in [3.63, 3.8) is 0 Å². The van der Waals surface area contributed by atoms with E-state index in [0.717, 1.165) is 51.7 Å². The van der Waals surface area contributed by atoms with Gasteiger partial charge in [-0.15, -0.1) is 0 Å². The maximum Gasteiger partial charge on any atom is 0.343 e. The normalized spacial score (nSPS) is 16.2. The number of rotatable bonds is 5. The number of fused-ring (bicyclic) bond motifs is 4. The number of nitro benzene ring substituents is 1. The molecule has 1 aromatic heterocycles. The number of ether oxygens (including phenoxy) is 2. The van der Waals surface area contributed by atoms with Gasteiger partial charge >= 0.3 is 5.97 Å². The van der Waals surface area contributed by atoms with E-state index in [1.54, 1.807) is 24.4 Å². The molecule has 1 atom stereocenters. The summed E-state index contributed by atoms with van der Waals surface area (Å²) in [7, 11) is 1.47. The largest absolute Gasteiger partial charge is 0.493 e. The molecule has 1 aliphatic heterocycles. The lowest BCUT2D eigenvalue weighted by atomic mass is 9.77. The summed E-state index contributed by atoms with van der Waals surface area (Å²) in [5.74, 6) is -0.0490. The molecule has 0 bridgehead atoms. The number of allylic oxidation sites excluding steroid dienone is 1. The number of ketones is 1. The van der Waals surface area contributed by atoms with Crippen LogP contribution in [0.1, 0.15) is 46.8 Å². The fraction of sp³-hybridized carbons (Fsp3) is 0.167. The van der Waals surface area contributed by atoms with Crippen LogP contribution in [0.15, 0.2) is 78.5 Å². The Labute approximate surface area is 223 Å². The molecule has 194 valence electrons. The molecule has 3 aromatic carbocycles. The third-order valence-corrected chi connectivity index (χ3v) is 7.17. The van der Waals surface area contributed by atoms with Crippen LogP contribution < -0.4 is 14.8 Å². The summed E-state index contributed by atoms with van der Waals surface area (Å²) >= 11 is 0. The molecule has 0 unspecified atom stereocenters. The summed E-state index contributed by atoms with van der Waals surface area (Å²) in [5, 5.41) is 15.5. The highest BCUT2D eigenvalue weighted by atomic mass is 16.6. The monoisotopic (exact) mass is 521 g/mol. The number of pyridine rings is 1. The van der Waals surface area contributed by atoms with Gasteiger partial charge in [-0.1, -0.05) is 12.1 Å². The Morgan fingerprint density at radius 1 is 1.05 bits per heavy atom. The number of hydrogen-bond acceptors (Lipinski definition) is 8. The summed E-state index contributed by atoms with van der Waals surface area (Å²) in [6.07, 6.45) is 3.83. The number of Topliss-reactive ketones (excluding diaryl/α,β-unsaturated/α-hetero) is 1. The van der Waals surface area contributed by atoms with Crippen LogP contribution in [-0.2, 0) is 4.79 Å². The van der Waals surface area contributed by atoms with Gasteiger partial charge < -0.3 is 14.8 Å². The second kappa shape index (κ2) is 9.68. The van der Waals surface area contributed by atoms with Gasteiger partial charge in [-0.05, 0) is 66.4 Å². The Morgan fingerprint density at radius 3 is 2.64 bits per heavy atom. The standard InChI is InChI=1S/C30H23N3O6/c1-38-26-16-18(9-14-25(26)39-30(35)17-7-10-19(11-8-17)33(36)37)29-28-21(4-2-6-24(28)34)27-20-5-3-15-31-22(20)12-13-23(27)32-29/h3,5,7-16,29,32H,2,4,6H2,1H3/t29-/m0/s1. The van der Waals surface area contributed by atoms with Crippen LogP contribution in [0.4, 0.5) is 11.4 Å². The molecule has 6 rings (SSSR count). The molecule has 0 spiro atoms. The minimum atomic E-state index is -0.673. The molecule has 0 amide bonds. The molecule has 2 aliphatic rings. The number of benzene rings is 3. The lowest BCUT2D eigenvalue weighted by Gasteiger charge is -2.35. The van der Waals surface area contributed by atoms with Crippen LogP contribution in [-0.4, -0.2) is 28.8 Å². The Bertz CT molecular complexity index is 1690. The smallest absolute Gasteiger partial charge is 0.343 e. The van der Waals surface area contributed by atoms with Crippen LogP contribution in [0.2, 0.25) is 0 Å². The third kappa shape index (κ3) is 4.27. The molecular formula is C30H23N3O6. The third-order valence-electron chi connectivity index (χ3n) is 7.17. The van der Waals surface area contributed by atoms with Gasteiger partial charge in [0.05, 0.1) is 29.2 Å². The molecule has 1 aliphatic carbocycles. The first kappa shape index (κ1) is 24.3. The molecule has 9 heteroatoms. The first-order valence-electron chi connectivity index (χ1n) is 12.5. The number of aromatic nitrogens is 1. The predicted octanol–water partition coefficient (Wildman–Crippen LogP) is 6.04. The topological polar surface area (TPSA) is 121 Å². The van der Waals surface area contributed by atoms with Crippen molar-refractivity contribution in [1.29, 1.82) is 0 Å². The highest BCUT2D eigenvalue weighted by Gasteiger charge is 2.35. The van der Waals surface area contributed by atoms with E-state index in [-0.39, 0.29) is 22.8 Å². The molecule has 0 fully saturated rings. The Morgan fingerprint density at radius 2 is 1.87 bits per heavy atom. The van der Waals surface area contributed by atoms with E-state index in [0.29, 0.717) is 12.2 Å². The number of methoxy groups -OCH3 is 1. The molecule has 4 aromatic rings. The average molecular weight is 522 g/mol. The average Bonchev–Trinajstić information content (AvgIpc) is 2.96. The molecule has 0 saturated heterocycles. The zero-order valence-electron chi connectivity index (χ0n) is 21.0. The van der Waals surface area contributed by atoms with Gasteiger partial charge in [0.15, 0.2) is 17.3 Å². The van der Waals surface area contributed by atoms with Gasteiger partial charge in [0, 0.05) is 47.0 Å². The summed E-state index contributed by atoms with van der Waals surface area (Å²) in [4.78, 5) is 40.8. The summed E-state index contributed by atoms with van der Waals surface area (Å²) in [6, 6.07) is 17.9. The highest BCUT2D eigenvalue weighted by Crippen LogP contribution is 2.48. The van der Waals surface area contributed by atoms with Gasteiger partial charge in [0.25, 0.3) is 5.69 Å². The van der Waals surface area contributed by atoms with E-state index in [4.69, 9.17) is 9.47 Å². The number of nitro groups is 1. The minimum absolute atomic E-state index is 0.105. The first-order chi connectivity index (χ1) is 18.9. The van der Waals surface area contributed by atoms with E-state index in [1.165, 1.54) is 31.4 Å². The number of esters is 1. The Hall–Kier alpha value is -5.05. The Balaban J connectivity index is 1.36. The number of carbonyl (C=O) groups excluding carboxylic acids is 2. The van der Waals surface area contributed by atoms with Crippen LogP contribution in [0.25, 0.3) is 16.5 Å². The van der Waals surface area contributed by atoms with Gasteiger partial charge in [0.1, 0.15) is 0 Å². The second-order valence-electron chi connectivity index (χ2n) is 9.41. The summed E-state index contributed by atoms with van der Waals surface area (Å²) < 4.78 is 11.1. The van der Waals surface area contributed by atoms with Crippen molar-refractivity contribution < 1.29 is 24.0 Å². The predicted molar refractivity (Wildman–Crippen MR) is 145 cm³/mol. The number of nitrogens with zero attached hydrogens (tertiary/aromatic N) is 2. The minimum Gasteiger partial charge on any atom is -0.493 e. The molecule has 9 nitrogen and oxygen atoms in total. The van der Waals surface area contributed by atoms with E-state index in [9.17, 15) is 19.7 Å². The van der Waals surface area contributed by atoms with Crippen LogP contribution in [0.3, 0.4) is 0 Å². The molecule has 2 heterocycles. The van der Waals surface area contributed by atoms with Crippen molar-refractivity contribution in [2.45, 2.75) is 25.3 Å². The summed E-state index contributed by atoms with van der Waals surface area (Å²) in [6.45, 7) is 0. The fourth-order valence-electron chi connectivity index (χ4n) is 5.36. The first-order valence-corrected chi connectivity index (χ1v) is 12.5. The van der Waals surface area contributed by atoms with Gasteiger partial charge in [-0.2, -0.15) is 0 Å². The molecule has 1 N–H and O–H groups in total. The lowest BCUT2D eigenvalue weighted by Crippen LogP contribution is -2.27. The van der Waals surface area contributed by atoms with Crippen molar-refractivity contribution in [1.82, 2.24) is 4.98 Å². The zero-order chi connectivity index (χ0) is 27.1. The maximum absolute atomic E-state index is 13.3. The van der Waals surface area contributed by atoms with E-state index < -0.39 is 16.9 Å². The van der Waals surface area contributed by atoms with Crippen molar-refractivity contribution in [2.75, 3.05) is 12.4 Å². The zero-order valence-corrected chi connectivity index (χ0v) is 21.0. The molecule has 39 heavy (non-hydrogen) atoms. The molecule has 0 radical (unpaired) electrons. The van der Waals surface area contributed by atoms with Crippen LogP contribution >= 0.6 is 0 Å². The van der Waals surface area contributed by atoms with Crippen molar-refractivity contribution >= 4 is 39.6 Å². The number of hydrogen-bond donors (Lipinski definition) is 1. The van der Waals surface area contributed by atoms with Crippen molar-refractivity contribution in [3.8, 4) is 11.5 Å². The van der Waals surface area contributed by atoms with Crippen molar-refractivity contribution in [2.24, 2.45) is 0 Å². The quantitative estimate of drug-likeness (QED) is 0.146. The number of anilines is 1. The fourth-order valence-corrected chi connectivity index (χ4v) is 5.36. The molecular weight excluding hydrogens is 498 g/mol. The van der Waals surface area contributed by atoms with E-state index >= 15 is 0 Å². The lowest BCUT2D eigenvalue weighted by molar-refractivity contribution is -0.384. The van der Waals surface area contributed by atoms with Crippen molar-refractivity contribution in [3.05, 3.63) is 105 Å². The highest BCUT2D eigenvalue weighted by molar-refractivity contribution is 6.12. The van der Waals surface area contributed by atoms with Crippen LogP contribution in [0.5, 0.6) is 11.5 Å². The summed E-state index contributed by atoms with van der Waals surface area (Å²) in [5.41, 5.74) is 5.46. The van der Waals surface area contributed by atoms with Crippen LogP contribution in [0, 0.1) is 10.1 Å². The number of carbonyl (C=O) groups is 2. The SMILES string of the molecule is COc1cc([C@@H]2Nc3ccc4ncccc4c3C3=C2C(=O)CCC3)ccc1OC(=O)c1ccc([N+](=O)[O-])cc1. The second-order valence-corrected chi connectivity index (χ2v) is 9.41.